The van der Waals surface area contributed by atoms with E-state index < -0.39 is 0 Å². The van der Waals surface area contributed by atoms with Gasteiger partial charge in [-0.05, 0) is 54.6 Å². The second kappa shape index (κ2) is 7.94. The van der Waals surface area contributed by atoms with E-state index in [0.717, 1.165) is 31.4 Å². The first-order chi connectivity index (χ1) is 10.2. The fourth-order valence-corrected chi connectivity index (χ4v) is 2.47. The highest BCUT2D eigenvalue weighted by Crippen LogP contribution is 2.19. The fraction of sp³-hybridized carbons (Fsp3) is 0.368. The van der Waals surface area contributed by atoms with E-state index in [4.69, 9.17) is 0 Å². The highest BCUT2D eigenvalue weighted by Gasteiger charge is 2.11. The van der Waals surface area contributed by atoms with Crippen LogP contribution in [0.3, 0.4) is 0 Å². The predicted octanol–water partition coefficient (Wildman–Crippen LogP) is 4.67. The quantitative estimate of drug-likeness (QED) is 0.779. The van der Waals surface area contributed by atoms with E-state index >= 15 is 0 Å². The molecular formula is C19H24FN. The molecule has 2 rings (SSSR count). The lowest BCUT2D eigenvalue weighted by molar-refractivity contribution is 0.527. The highest BCUT2D eigenvalue weighted by atomic mass is 19.1. The Morgan fingerprint density at radius 1 is 0.905 bits per heavy atom. The molecule has 0 bridgehead atoms. The summed E-state index contributed by atoms with van der Waals surface area (Å²) in [4.78, 5) is 0. The minimum absolute atomic E-state index is 0.180. The van der Waals surface area contributed by atoms with Gasteiger partial charge in [0, 0.05) is 6.04 Å². The van der Waals surface area contributed by atoms with Gasteiger partial charge in [-0.25, -0.2) is 4.39 Å². The lowest BCUT2D eigenvalue weighted by Crippen LogP contribution is -2.24. The molecule has 0 spiro atoms. The van der Waals surface area contributed by atoms with Crippen LogP contribution in [-0.4, -0.2) is 6.54 Å². The van der Waals surface area contributed by atoms with Crippen LogP contribution in [0.25, 0.3) is 0 Å². The summed E-state index contributed by atoms with van der Waals surface area (Å²) < 4.78 is 13.1. The molecule has 0 amide bonds. The van der Waals surface area contributed by atoms with Crippen LogP contribution in [0, 0.1) is 5.82 Å². The first-order valence-corrected chi connectivity index (χ1v) is 7.79. The van der Waals surface area contributed by atoms with E-state index in [1.807, 2.05) is 12.1 Å². The summed E-state index contributed by atoms with van der Waals surface area (Å²) in [6, 6.07) is 15.8. The molecule has 2 heteroatoms. The Bertz CT molecular complexity index is 530. The van der Waals surface area contributed by atoms with Gasteiger partial charge in [0.25, 0.3) is 0 Å². The minimum Gasteiger partial charge on any atom is -0.310 e. The van der Waals surface area contributed by atoms with Crippen molar-refractivity contribution in [3.05, 3.63) is 71.0 Å². The van der Waals surface area contributed by atoms with Crippen molar-refractivity contribution < 1.29 is 4.39 Å². The van der Waals surface area contributed by atoms with Gasteiger partial charge >= 0.3 is 0 Å². The van der Waals surface area contributed by atoms with Crippen LogP contribution < -0.4 is 5.32 Å². The lowest BCUT2D eigenvalue weighted by Gasteiger charge is -2.19. The van der Waals surface area contributed by atoms with Gasteiger partial charge in [-0.2, -0.15) is 0 Å². The summed E-state index contributed by atoms with van der Waals surface area (Å²) in [6.07, 6.45) is 3.08. The zero-order valence-electron chi connectivity index (χ0n) is 12.9. The monoisotopic (exact) mass is 285 g/mol. The Morgan fingerprint density at radius 3 is 2.10 bits per heavy atom. The van der Waals surface area contributed by atoms with Crippen LogP contribution in [0.15, 0.2) is 48.5 Å². The summed E-state index contributed by atoms with van der Waals surface area (Å²) in [5, 5.41) is 3.56. The Morgan fingerprint density at radius 2 is 1.52 bits per heavy atom. The molecule has 0 radical (unpaired) electrons. The van der Waals surface area contributed by atoms with Crippen molar-refractivity contribution in [3.63, 3.8) is 0 Å². The van der Waals surface area contributed by atoms with Crippen LogP contribution in [-0.2, 0) is 12.8 Å². The highest BCUT2D eigenvalue weighted by molar-refractivity contribution is 5.27. The maximum absolute atomic E-state index is 13.1. The number of nitrogens with one attached hydrogen (secondary N) is 1. The van der Waals surface area contributed by atoms with Crippen molar-refractivity contribution in [2.45, 2.75) is 39.2 Å². The molecule has 0 fully saturated rings. The van der Waals surface area contributed by atoms with E-state index in [1.54, 1.807) is 0 Å². The molecule has 0 aliphatic rings. The summed E-state index contributed by atoms with van der Waals surface area (Å²) in [5.74, 6) is -0.180. The molecule has 2 aromatic carbocycles. The standard InChI is InChI=1S/C19H24FN/c1-3-13-21-19(17-9-11-18(20)12-10-17)14-16-7-5-15(4-2)6-8-16/h5-12,19,21H,3-4,13-14H2,1-2H3. The second-order valence-corrected chi connectivity index (χ2v) is 5.43. The van der Waals surface area contributed by atoms with Crippen molar-refractivity contribution in [1.82, 2.24) is 5.32 Å². The zero-order chi connectivity index (χ0) is 15.1. The van der Waals surface area contributed by atoms with Crippen molar-refractivity contribution in [3.8, 4) is 0 Å². The minimum atomic E-state index is -0.180. The molecule has 0 aliphatic carbocycles. The first kappa shape index (κ1) is 15.7. The third-order valence-electron chi connectivity index (χ3n) is 3.78. The Kier molecular flexibility index (Phi) is 5.94. The molecule has 0 saturated carbocycles. The van der Waals surface area contributed by atoms with Gasteiger partial charge in [0.2, 0.25) is 0 Å². The molecule has 1 unspecified atom stereocenters. The molecule has 0 aromatic heterocycles. The van der Waals surface area contributed by atoms with Crippen molar-refractivity contribution in [2.75, 3.05) is 6.54 Å². The van der Waals surface area contributed by atoms with E-state index in [1.165, 1.54) is 23.3 Å². The van der Waals surface area contributed by atoms with Gasteiger partial charge in [0.15, 0.2) is 0 Å². The third kappa shape index (κ3) is 4.68. The van der Waals surface area contributed by atoms with Crippen LogP contribution >= 0.6 is 0 Å². The molecule has 0 aliphatic heterocycles. The summed E-state index contributed by atoms with van der Waals surface area (Å²) in [7, 11) is 0. The Labute approximate surface area is 127 Å². The van der Waals surface area contributed by atoms with Crippen LogP contribution in [0.2, 0.25) is 0 Å². The molecule has 1 nitrogen and oxygen atoms in total. The molecule has 112 valence electrons. The second-order valence-electron chi connectivity index (χ2n) is 5.43. The number of aryl methyl sites for hydroxylation is 1. The van der Waals surface area contributed by atoms with E-state index in [-0.39, 0.29) is 11.9 Å². The zero-order valence-corrected chi connectivity index (χ0v) is 12.9. The molecule has 2 aromatic rings. The molecule has 21 heavy (non-hydrogen) atoms. The average molecular weight is 285 g/mol. The average Bonchev–Trinajstić information content (AvgIpc) is 2.53. The third-order valence-corrected chi connectivity index (χ3v) is 3.78. The molecule has 1 atom stereocenters. The lowest BCUT2D eigenvalue weighted by atomic mass is 9.97. The Balaban J connectivity index is 2.13. The summed E-state index contributed by atoms with van der Waals surface area (Å²) in [5.41, 5.74) is 3.81. The summed E-state index contributed by atoms with van der Waals surface area (Å²) >= 11 is 0. The van der Waals surface area contributed by atoms with Gasteiger partial charge in [-0.15, -0.1) is 0 Å². The van der Waals surface area contributed by atoms with Crippen molar-refractivity contribution >= 4 is 0 Å². The van der Waals surface area contributed by atoms with Crippen LogP contribution in [0.4, 0.5) is 4.39 Å². The van der Waals surface area contributed by atoms with Crippen LogP contribution in [0.1, 0.15) is 43.0 Å². The predicted molar refractivity (Wildman–Crippen MR) is 87.0 cm³/mol. The number of rotatable bonds is 7. The number of hydrogen-bond donors (Lipinski definition) is 1. The molecular weight excluding hydrogens is 261 g/mol. The van der Waals surface area contributed by atoms with Gasteiger partial charge < -0.3 is 5.32 Å². The first-order valence-electron chi connectivity index (χ1n) is 7.79. The topological polar surface area (TPSA) is 12.0 Å². The molecule has 0 saturated heterocycles. The SMILES string of the molecule is CCCNC(Cc1ccc(CC)cc1)c1ccc(F)cc1. The van der Waals surface area contributed by atoms with E-state index in [0.29, 0.717) is 0 Å². The van der Waals surface area contributed by atoms with Crippen LogP contribution in [0.5, 0.6) is 0 Å². The maximum Gasteiger partial charge on any atom is 0.123 e. The Hall–Kier alpha value is -1.67. The van der Waals surface area contributed by atoms with Gasteiger partial charge in [0.05, 0.1) is 0 Å². The van der Waals surface area contributed by atoms with Gasteiger partial charge in [0.1, 0.15) is 5.82 Å². The maximum atomic E-state index is 13.1. The smallest absolute Gasteiger partial charge is 0.123 e. The van der Waals surface area contributed by atoms with Crippen molar-refractivity contribution in [1.29, 1.82) is 0 Å². The number of benzene rings is 2. The van der Waals surface area contributed by atoms with Gasteiger partial charge in [-0.3, -0.25) is 0 Å². The molecule has 1 N–H and O–H groups in total. The fourth-order valence-electron chi connectivity index (χ4n) is 2.47. The van der Waals surface area contributed by atoms with E-state index in [2.05, 4.69) is 43.4 Å². The van der Waals surface area contributed by atoms with E-state index in [9.17, 15) is 4.39 Å². The number of hydrogen-bond acceptors (Lipinski definition) is 1. The van der Waals surface area contributed by atoms with Gasteiger partial charge in [-0.1, -0.05) is 50.2 Å². The normalized spacial score (nSPS) is 12.3. The molecule has 0 heterocycles. The largest absolute Gasteiger partial charge is 0.310 e. The summed E-state index contributed by atoms with van der Waals surface area (Å²) in [6.45, 7) is 5.29. The number of halogens is 1. The van der Waals surface area contributed by atoms with Crippen molar-refractivity contribution in [2.24, 2.45) is 0 Å².